The fourth-order valence-corrected chi connectivity index (χ4v) is 1.80. The summed E-state index contributed by atoms with van der Waals surface area (Å²) in [6.07, 6.45) is 0. The summed E-state index contributed by atoms with van der Waals surface area (Å²) in [4.78, 5) is 10.7. The van der Waals surface area contributed by atoms with E-state index in [1.54, 1.807) is 18.2 Å². The Morgan fingerprint density at radius 3 is 2.69 bits per heavy atom. The molecule has 0 amide bonds. The van der Waals surface area contributed by atoms with Gasteiger partial charge in [-0.25, -0.2) is 0 Å². The predicted octanol–water partition coefficient (Wildman–Crippen LogP) is 2.95. The summed E-state index contributed by atoms with van der Waals surface area (Å²) in [5.74, 6) is 0.0201. The molecule has 4 heteroatoms. The molecule has 0 aliphatic heterocycles. The largest absolute Gasteiger partial charge is 0.399 e. The quantitative estimate of drug-likeness (QED) is 0.658. The third kappa shape index (κ3) is 2.45. The predicted molar refractivity (Wildman–Crippen MR) is 58.2 cm³/mol. The Balaban J connectivity index is 3.08. The Bertz CT molecular complexity index is 340. The van der Waals surface area contributed by atoms with Gasteiger partial charge >= 0.3 is 0 Å². The lowest BCUT2D eigenvalue weighted by Crippen LogP contribution is -2.02. The average molecular weight is 263 g/mol. The molecular formula is C9H9BrClNO. The zero-order valence-corrected chi connectivity index (χ0v) is 9.39. The monoisotopic (exact) mass is 261 g/mol. The van der Waals surface area contributed by atoms with E-state index in [-0.39, 0.29) is 10.6 Å². The fraction of sp³-hybridized carbons (Fsp3) is 0.222. The van der Waals surface area contributed by atoms with Gasteiger partial charge in [0.25, 0.3) is 0 Å². The summed E-state index contributed by atoms with van der Waals surface area (Å²) < 4.78 is 0. The molecule has 1 unspecified atom stereocenters. The molecule has 0 saturated carbocycles. The van der Waals surface area contributed by atoms with Crippen LogP contribution in [0.2, 0.25) is 5.02 Å². The number of nitrogen functional groups attached to an aromatic ring is 1. The standard InChI is InChI=1S/C9H9BrClNO/c1-5(13)9(10)7-3-2-6(12)4-8(7)11/h2-4,9H,12H2,1H3. The van der Waals surface area contributed by atoms with Crippen LogP contribution in [0.1, 0.15) is 17.3 Å². The van der Waals surface area contributed by atoms with Crippen LogP contribution in [0.5, 0.6) is 0 Å². The number of hydrogen-bond donors (Lipinski definition) is 1. The summed E-state index contributed by atoms with van der Waals surface area (Å²) in [6.45, 7) is 1.51. The van der Waals surface area contributed by atoms with Crippen LogP contribution in [0, 0.1) is 0 Å². The van der Waals surface area contributed by atoms with Crippen LogP contribution in [0.25, 0.3) is 0 Å². The molecule has 0 spiro atoms. The number of halogens is 2. The molecule has 0 bridgehead atoms. The Kier molecular flexibility index (Phi) is 3.33. The topological polar surface area (TPSA) is 43.1 Å². The van der Waals surface area contributed by atoms with Crippen molar-refractivity contribution >= 4 is 39.0 Å². The lowest BCUT2D eigenvalue weighted by molar-refractivity contribution is -0.116. The highest BCUT2D eigenvalue weighted by atomic mass is 79.9. The van der Waals surface area contributed by atoms with Crippen LogP contribution < -0.4 is 5.73 Å². The first-order valence-electron chi connectivity index (χ1n) is 3.72. The van der Waals surface area contributed by atoms with Crippen molar-refractivity contribution in [3.63, 3.8) is 0 Å². The molecule has 0 heterocycles. The highest BCUT2D eigenvalue weighted by Gasteiger charge is 2.15. The third-order valence-electron chi connectivity index (χ3n) is 1.65. The number of hydrogen-bond acceptors (Lipinski definition) is 2. The van der Waals surface area contributed by atoms with Gasteiger partial charge in [0.05, 0.1) is 4.83 Å². The van der Waals surface area contributed by atoms with Gasteiger partial charge in [-0.05, 0) is 24.6 Å². The van der Waals surface area contributed by atoms with Gasteiger partial charge in [-0.15, -0.1) is 0 Å². The average Bonchev–Trinajstić information content (AvgIpc) is 2.03. The van der Waals surface area contributed by atoms with E-state index in [1.807, 2.05) is 0 Å². The smallest absolute Gasteiger partial charge is 0.147 e. The highest BCUT2D eigenvalue weighted by molar-refractivity contribution is 9.09. The molecule has 0 radical (unpaired) electrons. The van der Waals surface area contributed by atoms with Crippen LogP contribution in [-0.4, -0.2) is 5.78 Å². The van der Waals surface area contributed by atoms with Gasteiger partial charge in [0.2, 0.25) is 0 Å². The van der Waals surface area contributed by atoms with Gasteiger partial charge in [-0.2, -0.15) is 0 Å². The van der Waals surface area contributed by atoms with Crippen molar-refractivity contribution in [3.8, 4) is 0 Å². The summed E-state index contributed by atoms with van der Waals surface area (Å²) in [7, 11) is 0. The van der Waals surface area contributed by atoms with Crippen molar-refractivity contribution in [2.75, 3.05) is 5.73 Å². The fourth-order valence-electron chi connectivity index (χ4n) is 0.968. The molecule has 70 valence electrons. The molecule has 2 nitrogen and oxygen atoms in total. The van der Waals surface area contributed by atoms with E-state index in [1.165, 1.54) is 6.92 Å². The minimum absolute atomic E-state index is 0.0201. The molecule has 0 aliphatic carbocycles. The Morgan fingerprint density at radius 2 is 2.23 bits per heavy atom. The van der Waals surface area contributed by atoms with Crippen LogP contribution in [0.15, 0.2) is 18.2 Å². The van der Waals surface area contributed by atoms with Crippen molar-refractivity contribution in [3.05, 3.63) is 28.8 Å². The normalized spacial score (nSPS) is 12.5. The Labute approximate surface area is 90.2 Å². The van der Waals surface area contributed by atoms with Gasteiger partial charge in [-0.1, -0.05) is 33.6 Å². The van der Waals surface area contributed by atoms with Gasteiger partial charge < -0.3 is 5.73 Å². The number of rotatable bonds is 2. The number of alkyl halides is 1. The Hall–Kier alpha value is -0.540. The van der Waals surface area contributed by atoms with Gasteiger partial charge in [-0.3, -0.25) is 4.79 Å². The van der Waals surface area contributed by atoms with Gasteiger partial charge in [0, 0.05) is 10.7 Å². The number of benzene rings is 1. The highest BCUT2D eigenvalue weighted by Crippen LogP contribution is 2.31. The number of Topliss-reactive ketones (excluding diaryl/α,β-unsaturated/α-hetero) is 1. The van der Waals surface area contributed by atoms with E-state index in [0.717, 1.165) is 5.56 Å². The molecule has 0 aliphatic rings. The first-order valence-corrected chi connectivity index (χ1v) is 5.01. The van der Waals surface area contributed by atoms with E-state index in [2.05, 4.69) is 15.9 Å². The number of carbonyl (C=O) groups excluding carboxylic acids is 1. The van der Waals surface area contributed by atoms with E-state index >= 15 is 0 Å². The maximum absolute atomic E-state index is 11.0. The number of nitrogens with two attached hydrogens (primary N) is 1. The van der Waals surface area contributed by atoms with Crippen LogP contribution in [-0.2, 0) is 4.79 Å². The molecule has 2 N–H and O–H groups in total. The van der Waals surface area contributed by atoms with Crippen molar-refractivity contribution in [2.45, 2.75) is 11.8 Å². The molecule has 0 fully saturated rings. The van der Waals surface area contributed by atoms with E-state index in [9.17, 15) is 4.79 Å². The SMILES string of the molecule is CC(=O)C(Br)c1ccc(N)cc1Cl. The molecule has 1 atom stereocenters. The Morgan fingerprint density at radius 1 is 1.62 bits per heavy atom. The van der Waals surface area contributed by atoms with E-state index in [0.29, 0.717) is 10.7 Å². The van der Waals surface area contributed by atoms with Crippen LogP contribution in [0.3, 0.4) is 0 Å². The molecule has 1 rings (SSSR count). The van der Waals surface area contributed by atoms with Crippen molar-refractivity contribution in [1.82, 2.24) is 0 Å². The minimum atomic E-state index is -0.347. The zero-order chi connectivity index (χ0) is 10.0. The zero-order valence-electron chi connectivity index (χ0n) is 7.05. The maximum Gasteiger partial charge on any atom is 0.147 e. The molecule has 0 saturated heterocycles. The van der Waals surface area contributed by atoms with Crippen molar-refractivity contribution < 1.29 is 4.79 Å². The minimum Gasteiger partial charge on any atom is -0.399 e. The van der Waals surface area contributed by atoms with Crippen molar-refractivity contribution in [2.24, 2.45) is 0 Å². The second-order valence-corrected chi connectivity index (χ2v) is 4.08. The number of carbonyl (C=O) groups is 1. The van der Waals surface area contributed by atoms with Crippen LogP contribution >= 0.6 is 27.5 Å². The lowest BCUT2D eigenvalue weighted by Gasteiger charge is -2.08. The lowest BCUT2D eigenvalue weighted by atomic mass is 10.1. The molecule has 1 aromatic carbocycles. The number of ketones is 1. The van der Waals surface area contributed by atoms with E-state index in [4.69, 9.17) is 17.3 Å². The van der Waals surface area contributed by atoms with Crippen LogP contribution in [0.4, 0.5) is 5.69 Å². The molecule has 13 heavy (non-hydrogen) atoms. The number of anilines is 1. The summed E-state index contributed by atoms with van der Waals surface area (Å²) in [5, 5.41) is 0.511. The van der Waals surface area contributed by atoms with E-state index < -0.39 is 0 Å². The second kappa shape index (κ2) is 4.11. The first-order chi connectivity index (χ1) is 6.02. The van der Waals surface area contributed by atoms with Crippen molar-refractivity contribution in [1.29, 1.82) is 0 Å². The van der Waals surface area contributed by atoms with Gasteiger partial charge in [0.1, 0.15) is 5.78 Å². The summed E-state index contributed by atoms with van der Waals surface area (Å²) in [5.41, 5.74) is 6.87. The third-order valence-corrected chi connectivity index (χ3v) is 3.12. The molecule has 0 aromatic heterocycles. The second-order valence-electron chi connectivity index (χ2n) is 2.75. The summed E-state index contributed by atoms with van der Waals surface area (Å²) in [6, 6.07) is 5.10. The summed E-state index contributed by atoms with van der Waals surface area (Å²) >= 11 is 9.16. The molecular weight excluding hydrogens is 253 g/mol. The maximum atomic E-state index is 11.0. The first kappa shape index (κ1) is 10.5. The molecule has 1 aromatic rings. The van der Waals surface area contributed by atoms with Gasteiger partial charge in [0.15, 0.2) is 0 Å².